The Balaban J connectivity index is 1.83. The van der Waals surface area contributed by atoms with E-state index in [4.69, 9.17) is 0 Å². The number of sulfonamides is 1. The highest BCUT2D eigenvalue weighted by Gasteiger charge is 2.35. The van der Waals surface area contributed by atoms with Crippen LogP contribution in [0.25, 0.3) is 0 Å². The van der Waals surface area contributed by atoms with Crippen LogP contribution < -0.4 is 9.62 Å². The van der Waals surface area contributed by atoms with Gasteiger partial charge >= 0.3 is 0 Å². The number of aryl methyl sites for hydroxylation is 3. The van der Waals surface area contributed by atoms with Crippen molar-refractivity contribution in [3.8, 4) is 0 Å². The lowest BCUT2D eigenvalue weighted by atomic mass is 10.0. The van der Waals surface area contributed by atoms with E-state index in [1.165, 1.54) is 29.2 Å². The Morgan fingerprint density at radius 3 is 2.09 bits per heavy atom. The molecule has 0 aliphatic rings. The third kappa shape index (κ3) is 8.60. The average molecular weight is 644 g/mol. The Morgan fingerprint density at radius 1 is 0.826 bits per heavy atom. The average Bonchev–Trinajstić information content (AvgIpc) is 3.04. The number of carbonyl (C=O) groups excluding carboxylic acids is 2. The van der Waals surface area contributed by atoms with E-state index in [9.17, 15) is 22.4 Å². The number of hydrogen-bond donors (Lipinski definition) is 1. The molecule has 0 saturated carbocycles. The molecule has 2 atom stereocenters. The zero-order chi connectivity index (χ0) is 33.4. The zero-order valence-corrected chi connectivity index (χ0v) is 27.9. The molecule has 1 N–H and O–H groups in total. The number of carbonyl (C=O) groups is 2. The minimum atomic E-state index is -4.21. The lowest BCUT2D eigenvalue weighted by molar-refractivity contribution is -0.140. The van der Waals surface area contributed by atoms with Gasteiger partial charge in [0.25, 0.3) is 10.0 Å². The molecule has 0 aliphatic heterocycles. The summed E-state index contributed by atoms with van der Waals surface area (Å²) in [7, 11) is -4.21. The van der Waals surface area contributed by atoms with Crippen LogP contribution in [-0.4, -0.2) is 43.8 Å². The fraction of sp³-hybridized carbons (Fsp3) is 0.297. The third-order valence-corrected chi connectivity index (χ3v) is 9.83. The van der Waals surface area contributed by atoms with Crippen molar-refractivity contribution in [2.75, 3.05) is 10.8 Å². The number of anilines is 1. The molecule has 0 unspecified atom stereocenters. The monoisotopic (exact) mass is 643 g/mol. The summed E-state index contributed by atoms with van der Waals surface area (Å²) >= 11 is 0. The fourth-order valence-corrected chi connectivity index (χ4v) is 6.59. The molecule has 9 heteroatoms. The second kappa shape index (κ2) is 15.2. The molecule has 4 rings (SSSR count). The molecule has 46 heavy (non-hydrogen) atoms. The molecule has 0 saturated heterocycles. The molecule has 242 valence electrons. The minimum Gasteiger partial charge on any atom is -0.352 e. The second-order valence-electron chi connectivity index (χ2n) is 11.8. The van der Waals surface area contributed by atoms with E-state index in [1.54, 1.807) is 37.3 Å². The Kier molecular flexibility index (Phi) is 11.4. The van der Waals surface area contributed by atoms with Crippen LogP contribution in [0, 0.1) is 26.6 Å². The summed E-state index contributed by atoms with van der Waals surface area (Å²) < 4.78 is 43.5. The Bertz CT molecular complexity index is 1740. The second-order valence-corrected chi connectivity index (χ2v) is 13.6. The van der Waals surface area contributed by atoms with E-state index in [2.05, 4.69) is 5.32 Å². The van der Waals surface area contributed by atoms with Crippen molar-refractivity contribution in [2.24, 2.45) is 0 Å². The maximum absolute atomic E-state index is 14.6. The Hall–Kier alpha value is -4.50. The standard InChI is InChI=1S/C37H42FN3O4S/c1-6-29(5)39-37(43)35(23-30-10-8-7-9-11-30)40(24-31-16-18-32(38)19-17-31)36(42)25-41(34-22-27(3)12-15-28(34)4)46(44,45)33-20-13-26(2)14-21-33/h7-22,29,35H,6,23-25H2,1-5H3,(H,39,43)/t29-,35-/m1/s1. The van der Waals surface area contributed by atoms with Crippen LogP contribution in [0.1, 0.15) is 48.1 Å². The summed E-state index contributed by atoms with van der Waals surface area (Å²) in [5, 5.41) is 3.02. The number of amides is 2. The SMILES string of the molecule is CC[C@@H](C)NC(=O)[C@@H](Cc1ccccc1)N(Cc1ccc(F)cc1)C(=O)CN(c1cc(C)ccc1C)S(=O)(=O)c1ccc(C)cc1. The molecule has 0 bridgehead atoms. The van der Waals surface area contributed by atoms with E-state index >= 15 is 0 Å². The molecule has 0 spiro atoms. The maximum Gasteiger partial charge on any atom is 0.264 e. The highest BCUT2D eigenvalue weighted by molar-refractivity contribution is 7.92. The molecule has 7 nitrogen and oxygen atoms in total. The van der Waals surface area contributed by atoms with Gasteiger partial charge in [-0.05, 0) is 86.7 Å². The van der Waals surface area contributed by atoms with Crippen LogP contribution in [0.15, 0.2) is 102 Å². The molecular weight excluding hydrogens is 601 g/mol. The number of benzene rings is 4. The molecule has 0 aromatic heterocycles. The predicted octanol–water partition coefficient (Wildman–Crippen LogP) is 6.50. The van der Waals surface area contributed by atoms with Crippen molar-refractivity contribution in [1.29, 1.82) is 0 Å². The van der Waals surface area contributed by atoms with Gasteiger partial charge in [-0.1, -0.05) is 79.2 Å². The number of nitrogens with one attached hydrogen (secondary N) is 1. The summed E-state index contributed by atoms with van der Waals surface area (Å²) in [5.41, 5.74) is 4.21. The quantitative estimate of drug-likeness (QED) is 0.180. The van der Waals surface area contributed by atoms with E-state index in [0.29, 0.717) is 23.2 Å². The van der Waals surface area contributed by atoms with Gasteiger partial charge < -0.3 is 10.2 Å². The van der Waals surface area contributed by atoms with Gasteiger partial charge in [-0.25, -0.2) is 12.8 Å². The van der Waals surface area contributed by atoms with Gasteiger partial charge in [-0.2, -0.15) is 0 Å². The topological polar surface area (TPSA) is 86.8 Å². The van der Waals surface area contributed by atoms with Crippen LogP contribution in [0.5, 0.6) is 0 Å². The summed E-state index contributed by atoms with van der Waals surface area (Å²) in [4.78, 5) is 30.0. The summed E-state index contributed by atoms with van der Waals surface area (Å²) in [5.74, 6) is -1.35. The Labute approximate surface area is 272 Å². The molecule has 4 aromatic carbocycles. The van der Waals surface area contributed by atoms with Crippen LogP contribution in [0.2, 0.25) is 0 Å². The lowest BCUT2D eigenvalue weighted by Gasteiger charge is -2.34. The number of nitrogens with zero attached hydrogens (tertiary/aromatic N) is 2. The number of halogens is 1. The van der Waals surface area contributed by atoms with E-state index in [-0.39, 0.29) is 29.8 Å². The molecule has 2 amide bonds. The zero-order valence-electron chi connectivity index (χ0n) is 27.0. The summed E-state index contributed by atoms with van der Waals surface area (Å²) in [6.45, 7) is 8.78. The molecule has 0 heterocycles. The first-order valence-corrected chi connectivity index (χ1v) is 16.9. The van der Waals surface area contributed by atoms with Crippen molar-refractivity contribution in [2.45, 2.75) is 71.0 Å². The molecular formula is C37H42FN3O4S. The van der Waals surface area contributed by atoms with E-state index in [0.717, 1.165) is 21.0 Å². The Morgan fingerprint density at radius 2 is 1.46 bits per heavy atom. The van der Waals surface area contributed by atoms with Crippen molar-refractivity contribution >= 4 is 27.5 Å². The first-order chi connectivity index (χ1) is 21.9. The predicted molar refractivity (Wildman–Crippen MR) is 180 cm³/mol. The molecule has 0 fully saturated rings. The van der Waals surface area contributed by atoms with E-state index < -0.39 is 34.3 Å². The maximum atomic E-state index is 14.6. The number of rotatable bonds is 13. The van der Waals surface area contributed by atoms with Gasteiger partial charge in [0.1, 0.15) is 18.4 Å². The summed E-state index contributed by atoms with van der Waals surface area (Å²) in [6.07, 6.45) is 0.884. The van der Waals surface area contributed by atoms with Crippen LogP contribution in [0.4, 0.5) is 10.1 Å². The largest absolute Gasteiger partial charge is 0.352 e. The van der Waals surface area contributed by atoms with Crippen molar-refractivity contribution in [1.82, 2.24) is 10.2 Å². The molecule has 0 radical (unpaired) electrons. The minimum absolute atomic E-state index is 0.0320. The van der Waals surface area contributed by atoms with Gasteiger partial charge in [-0.15, -0.1) is 0 Å². The van der Waals surface area contributed by atoms with Crippen LogP contribution in [-0.2, 0) is 32.6 Å². The molecule has 0 aliphatic carbocycles. The van der Waals surface area contributed by atoms with E-state index in [1.807, 2.05) is 70.2 Å². The third-order valence-electron chi connectivity index (χ3n) is 8.06. The van der Waals surface area contributed by atoms with Crippen molar-refractivity contribution < 1.29 is 22.4 Å². The highest BCUT2D eigenvalue weighted by atomic mass is 32.2. The van der Waals surface area contributed by atoms with Gasteiger partial charge in [-0.3, -0.25) is 13.9 Å². The van der Waals surface area contributed by atoms with Crippen molar-refractivity contribution in [3.05, 3.63) is 131 Å². The van der Waals surface area contributed by atoms with Gasteiger partial charge in [0.2, 0.25) is 11.8 Å². The fourth-order valence-electron chi connectivity index (χ4n) is 5.12. The first kappa shape index (κ1) is 34.4. The summed E-state index contributed by atoms with van der Waals surface area (Å²) in [6, 6.07) is 25.9. The van der Waals surface area contributed by atoms with Crippen LogP contribution >= 0.6 is 0 Å². The lowest BCUT2D eigenvalue weighted by Crippen LogP contribution is -2.54. The first-order valence-electron chi connectivity index (χ1n) is 15.4. The van der Waals surface area contributed by atoms with Gasteiger partial charge in [0, 0.05) is 19.0 Å². The van der Waals surface area contributed by atoms with Gasteiger partial charge in [0.15, 0.2) is 0 Å². The van der Waals surface area contributed by atoms with Gasteiger partial charge in [0.05, 0.1) is 10.6 Å². The smallest absolute Gasteiger partial charge is 0.264 e. The number of hydrogen-bond acceptors (Lipinski definition) is 4. The highest BCUT2D eigenvalue weighted by Crippen LogP contribution is 2.29. The van der Waals surface area contributed by atoms with Crippen LogP contribution in [0.3, 0.4) is 0 Å². The van der Waals surface area contributed by atoms with Crippen molar-refractivity contribution in [3.63, 3.8) is 0 Å². The molecule has 4 aromatic rings. The normalized spacial score (nSPS) is 12.7.